The fourth-order valence-corrected chi connectivity index (χ4v) is 4.70. The Kier molecular flexibility index (Phi) is 6.92. The molecule has 0 bridgehead atoms. The standard InChI is InChI=1S/C23H27N3O3S/c27-22(19-6-8-20(9-7-19)29-15-17-4-2-1-3-5-17)25-14-18-12-21(24-13-18)23(28)26-10-11-30-16-26/h1-9,18,21,24H,10-16H2,(H,25,27). The number of nitrogens with zero attached hydrogens (tertiary/aromatic N) is 1. The molecule has 2 N–H and O–H groups in total. The van der Waals surface area contributed by atoms with Crippen LogP contribution in [-0.2, 0) is 11.4 Å². The molecule has 2 aromatic carbocycles. The molecular formula is C23H27N3O3S. The van der Waals surface area contributed by atoms with E-state index >= 15 is 0 Å². The number of carbonyl (C=O) groups is 2. The van der Waals surface area contributed by atoms with Gasteiger partial charge in [0.1, 0.15) is 12.4 Å². The summed E-state index contributed by atoms with van der Waals surface area (Å²) < 4.78 is 5.77. The van der Waals surface area contributed by atoms with Gasteiger partial charge in [-0.25, -0.2) is 0 Å². The van der Waals surface area contributed by atoms with Gasteiger partial charge in [0, 0.05) is 31.0 Å². The quantitative estimate of drug-likeness (QED) is 0.713. The molecule has 2 aromatic rings. The maximum Gasteiger partial charge on any atom is 0.251 e. The normalized spacial score (nSPS) is 20.9. The van der Waals surface area contributed by atoms with Crippen molar-refractivity contribution in [2.24, 2.45) is 5.92 Å². The smallest absolute Gasteiger partial charge is 0.251 e. The molecule has 0 aliphatic carbocycles. The molecule has 0 radical (unpaired) electrons. The lowest BCUT2D eigenvalue weighted by atomic mass is 10.0. The SMILES string of the molecule is O=C(NCC1CNC(C(=O)N2CCSC2)C1)c1ccc(OCc2ccccc2)cc1. The molecule has 2 aliphatic heterocycles. The van der Waals surface area contributed by atoms with Gasteiger partial charge in [-0.2, -0.15) is 0 Å². The highest BCUT2D eigenvalue weighted by molar-refractivity contribution is 7.99. The van der Waals surface area contributed by atoms with E-state index in [4.69, 9.17) is 4.74 Å². The highest BCUT2D eigenvalue weighted by atomic mass is 32.2. The topological polar surface area (TPSA) is 70.7 Å². The molecule has 2 amide bonds. The number of nitrogens with one attached hydrogen (secondary N) is 2. The molecular weight excluding hydrogens is 398 g/mol. The number of hydrogen-bond acceptors (Lipinski definition) is 5. The molecule has 2 unspecified atom stereocenters. The van der Waals surface area contributed by atoms with Crippen LogP contribution in [0.2, 0.25) is 0 Å². The molecule has 6 nitrogen and oxygen atoms in total. The van der Waals surface area contributed by atoms with Gasteiger partial charge in [-0.05, 0) is 42.2 Å². The number of ether oxygens (including phenoxy) is 1. The average Bonchev–Trinajstić information content (AvgIpc) is 3.49. The first-order valence-corrected chi connectivity index (χ1v) is 11.5. The Labute approximate surface area is 181 Å². The van der Waals surface area contributed by atoms with Crippen molar-refractivity contribution in [3.8, 4) is 5.75 Å². The number of amides is 2. The molecule has 2 aliphatic rings. The van der Waals surface area contributed by atoms with Crippen LogP contribution < -0.4 is 15.4 Å². The van der Waals surface area contributed by atoms with Crippen molar-refractivity contribution in [1.29, 1.82) is 0 Å². The summed E-state index contributed by atoms with van der Waals surface area (Å²) >= 11 is 1.80. The molecule has 4 rings (SSSR count). The van der Waals surface area contributed by atoms with E-state index in [2.05, 4.69) is 10.6 Å². The molecule has 2 fully saturated rings. The van der Waals surface area contributed by atoms with Gasteiger partial charge in [-0.15, -0.1) is 11.8 Å². The minimum Gasteiger partial charge on any atom is -0.489 e. The molecule has 2 saturated heterocycles. The van der Waals surface area contributed by atoms with Crippen LogP contribution in [0.3, 0.4) is 0 Å². The molecule has 0 aromatic heterocycles. The van der Waals surface area contributed by atoms with Crippen LogP contribution in [0.4, 0.5) is 0 Å². The summed E-state index contributed by atoms with van der Waals surface area (Å²) in [6.45, 7) is 2.66. The lowest BCUT2D eigenvalue weighted by molar-refractivity contribution is -0.131. The lowest BCUT2D eigenvalue weighted by Gasteiger charge is -2.19. The van der Waals surface area contributed by atoms with E-state index in [1.807, 2.05) is 47.4 Å². The Morgan fingerprint density at radius 1 is 1.13 bits per heavy atom. The van der Waals surface area contributed by atoms with Crippen molar-refractivity contribution in [2.75, 3.05) is 31.3 Å². The Bertz CT molecular complexity index is 854. The zero-order valence-corrected chi connectivity index (χ0v) is 17.7. The van der Waals surface area contributed by atoms with Gasteiger partial charge in [0.05, 0.1) is 11.9 Å². The van der Waals surface area contributed by atoms with Crippen LogP contribution in [0.25, 0.3) is 0 Å². The number of carbonyl (C=O) groups excluding carboxylic acids is 2. The second-order valence-electron chi connectivity index (χ2n) is 7.71. The Morgan fingerprint density at radius 3 is 2.67 bits per heavy atom. The second kappa shape index (κ2) is 10.00. The van der Waals surface area contributed by atoms with E-state index in [1.165, 1.54) is 0 Å². The maximum absolute atomic E-state index is 12.5. The summed E-state index contributed by atoms with van der Waals surface area (Å²) in [4.78, 5) is 26.9. The first-order chi connectivity index (χ1) is 14.7. The third-order valence-corrected chi connectivity index (χ3v) is 6.47. The van der Waals surface area contributed by atoms with Crippen molar-refractivity contribution in [3.63, 3.8) is 0 Å². The number of hydrogen-bond donors (Lipinski definition) is 2. The summed E-state index contributed by atoms with van der Waals surface area (Å²) in [6.07, 6.45) is 0.770. The molecule has 30 heavy (non-hydrogen) atoms. The van der Waals surface area contributed by atoms with Crippen LogP contribution in [-0.4, -0.2) is 54.0 Å². The highest BCUT2D eigenvalue weighted by Crippen LogP contribution is 2.20. The Balaban J connectivity index is 1.21. The molecule has 158 valence electrons. The van der Waals surface area contributed by atoms with Gasteiger partial charge < -0.3 is 20.3 Å². The fraction of sp³-hybridized carbons (Fsp3) is 0.391. The van der Waals surface area contributed by atoms with Gasteiger partial charge in [-0.3, -0.25) is 9.59 Å². The van der Waals surface area contributed by atoms with Crippen LogP contribution in [0.15, 0.2) is 54.6 Å². The van der Waals surface area contributed by atoms with Crippen molar-refractivity contribution in [1.82, 2.24) is 15.5 Å². The van der Waals surface area contributed by atoms with Crippen molar-refractivity contribution >= 4 is 23.6 Å². The minimum absolute atomic E-state index is 0.102. The third-order valence-electron chi connectivity index (χ3n) is 5.50. The predicted octanol–water partition coefficient (Wildman–Crippen LogP) is 2.51. The summed E-state index contributed by atoms with van der Waals surface area (Å²) in [5.41, 5.74) is 1.71. The van der Waals surface area contributed by atoms with Crippen molar-refractivity contribution < 1.29 is 14.3 Å². The van der Waals surface area contributed by atoms with Crippen LogP contribution in [0, 0.1) is 5.92 Å². The van der Waals surface area contributed by atoms with E-state index in [0.717, 1.165) is 42.5 Å². The van der Waals surface area contributed by atoms with Gasteiger partial charge in [0.25, 0.3) is 5.91 Å². The van der Waals surface area contributed by atoms with Crippen molar-refractivity contribution in [2.45, 2.75) is 19.1 Å². The maximum atomic E-state index is 12.5. The minimum atomic E-state index is -0.119. The van der Waals surface area contributed by atoms with Crippen molar-refractivity contribution in [3.05, 3.63) is 65.7 Å². The molecule has 2 atom stereocenters. The van der Waals surface area contributed by atoms with E-state index < -0.39 is 0 Å². The van der Waals surface area contributed by atoms with Crippen LogP contribution in [0.1, 0.15) is 22.3 Å². The second-order valence-corrected chi connectivity index (χ2v) is 8.78. The van der Waals surface area contributed by atoms with E-state index in [-0.39, 0.29) is 23.8 Å². The van der Waals surface area contributed by atoms with Gasteiger partial charge in [-0.1, -0.05) is 30.3 Å². The molecule has 0 saturated carbocycles. The molecule has 7 heteroatoms. The molecule has 2 heterocycles. The highest BCUT2D eigenvalue weighted by Gasteiger charge is 2.33. The number of rotatable bonds is 7. The van der Waals surface area contributed by atoms with Gasteiger partial charge >= 0.3 is 0 Å². The lowest BCUT2D eigenvalue weighted by Crippen LogP contribution is -2.42. The number of thioether (sulfide) groups is 1. The van der Waals surface area contributed by atoms with E-state index in [0.29, 0.717) is 18.7 Å². The first kappa shape index (κ1) is 20.8. The largest absolute Gasteiger partial charge is 0.489 e. The van der Waals surface area contributed by atoms with Crippen LogP contribution in [0.5, 0.6) is 5.75 Å². The summed E-state index contributed by atoms with van der Waals surface area (Å²) in [5.74, 6) is 2.91. The number of benzene rings is 2. The van der Waals surface area contributed by atoms with Gasteiger partial charge in [0.15, 0.2) is 0 Å². The van der Waals surface area contributed by atoms with E-state index in [1.54, 1.807) is 23.9 Å². The average molecular weight is 426 g/mol. The molecule has 0 spiro atoms. The van der Waals surface area contributed by atoms with E-state index in [9.17, 15) is 9.59 Å². The predicted molar refractivity (Wildman–Crippen MR) is 118 cm³/mol. The Morgan fingerprint density at radius 2 is 1.93 bits per heavy atom. The summed E-state index contributed by atoms with van der Waals surface area (Å²) in [5, 5.41) is 6.31. The van der Waals surface area contributed by atoms with Gasteiger partial charge in [0.2, 0.25) is 5.91 Å². The summed E-state index contributed by atoms with van der Waals surface area (Å²) in [6, 6.07) is 17.0. The fourth-order valence-electron chi connectivity index (χ4n) is 3.74. The zero-order chi connectivity index (χ0) is 20.8. The third kappa shape index (κ3) is 5.34. The summed E-state index contributed by atoms with van der Waals surface area (Å²) in [7, 11) is 0. The van der Waals surface area contributed by atoms with Crippen LogP contribution >= 0.6 is 11.8 Å². The zero-order valence-electron chi connectivity index (χ0n) is 16.9. The first-order valence-electron chi connectivity index (χ1n) is 10.3. The Hall–Kier alpha value is -2.51. The monoisotopic (exact) mass is 425 g/mol.